The van der Waals surface area contributed by atoms with E-state index in [4.69, 9.17) is 0 Å². The van der Waals surface area contributed by atoms with Crippen LogP contribution in [0.5, 0.6) is 0 Å². The fraction of sp³-hybridized carbons (Fsp3) is 0.556. The average Bonchev–Trinajstić information content (AvgIpc) is 2.54. The number of hydrogen-bond acceptors (Lipinski definition) is 1. The molecular formula is C9H16IN3O. The first-order chi connectivity index (χ1) is 6.19. The zero-order valence-corrected chi connectivity index (χ0v) is 10.9. The first-order valence-corrected chi connectivity index (χ1v) is 4.51. The maximum atomic E-state index is 11.7. The summed E-state index contributed by atoms with van der Waals surface area (Å²) in [7, 11) is 1.89. The van der Waals surface area contributed by atoms with Crippen molar-refractivity contribution in [1.29, 1.82) is 0 Å². The van der Waals surface area contributed by atoms with Crippen LogP contribution < -0.4 is 28.5 Å². The van der Waals surface area contributed by atoms with Gasteiger partial charge in [-0.15, -0.1) is 0 Å². The summed E-state index contributed by atoms with van der Waals surface area (Å²) in [5.74, 6) is 0. The van der Waals surface area contributed by atoms with Crippen molar-refractivity contribution in [3.05, 3.63) is 18.7 Å². The predicted octanol–water partition coefficient (Wildman–Crippen LogP) is -2.37. The van der Waals surface area contributed by atoms with E-state index in [1.807, 2.05) is 31.7 Å². The van der Waals surface area contributed by atoms with E-state index in [0.29, 0.717) is 0 Å². The lowest BCUT2D eigenvalue weighted by Gasteiger charge is -2.14. The van der Waals surface area contributed by atoms with Crippen LogP contribution in [-0.4, -0.2) is 28.6 Å². The van der Waals surface area contributed by atoms with Crippen LogP contribution in [0.3, 0.4) is 0 Å². The molecule has 0 unspecified atom stereocenters. The van der Waals surface area contributed by atoms with E-state index in [2.05, 4.69) is 0 Å². The summed E-state index contributed by atoms with van der Waals surface area (Å²) in [4.78, 5) is 13.5. The Balaban J connectivity index is 0.00000169. The van der Waals surface area contributed by atoms with E-state index in [-0.39, 0.29) is 30.0 Å². The lowest BCUT2D eigenvalue weighted by atomic mass is 10.5. The van der Waals surface area contributed by atoms with E-state index in [1.54, 1.807) is 22.0 Å². The normalized spacial score (nSPS) is 9.36. The number of aryl methyl sites for hydroxylation is 1. The molecule has 0 fully saturated rings. The maximum Gasteiger partial charge on any atom is 0.415 e. The molecule has 1 aromatic rings. The number of carbonyl (C=O) groups excluding carboxylic acids is 1. The molecule has 5 heteroatoms. The zero-order chi connectivity index (χ0) is 9.84. The van der Waals surface area contributed by atoms with Crippen LogP contribution in [0.1, 0.15) is 13.8 Å². The summed E-state index contributed by atoms with van der Waals surface area (Å²) in [6, 6.07) is 0.0330. The van der Waals surface area contributed by atoms with Crippen LogP contribution in [0.4, 0.5) is 4.79 Å². The van der Waals surface area contributed by atoms with Gasteiger partial charge < -0.3 is 28.9 Å². The molecule has 1 heterocycles. The summed E-state index contributed by atoms with van der Waals surface area (Å²) < 4.78 is 3.44. The van der Waals surface area contributed by atoms with Crippen molar-refractivity contribution in [3.63, 3.8) is 0 Å². The summed E-state index contributed by atoms with van der Waals surface area (Å²) in [5.41, 5.74) is 0. The van der Waals surface area contributed by atoms with Gasteiger partial charge in [-0.25, -0.2) is 9.36 Å². The first kappa shape index (κ1) is 13.4. The monoisotopic (exact) mass is 309 g/mol. The third kappa shape index (κ3) is 2.97. The molecule has 0 aliphatic rings. The number of aromatic nitrogens is 2. The molecule has 0 atom stereocenters. The second kappa shape index (κ2) is 6.00. The highest BCUT2D eigenvalue weighted by atomic mass is 127. The van der Waals surface area contributed by atoms with Gasteiger partial charge in [0, 0.05) is 13.1 Å². The lowest BCUT2D eigenvalue weighted by Crippen LogP contribution is -3.00. The molecule has 0 radical (unpaired) electrons. The van der Waals surface area contributed by atoms with Crippen molar-refractivity contribution in [1.82, 2.24) is 9.47 Å². The Morgan fingerprint density at radius 2 is 2.00 bits per heavy atom. The topological polar surface area (TPSA) is 29.1 Å². The molecule has 0 aliphatic heterocycles. The van der Waals surface area contributed by atoms with Crippen LogP contribution in [0.2, 0.25) is 0 Å². The Hall–Kier alpha value is -0.590. The molecule has 1 rings (SSSR count). The molecule has 1 amide bonds. The zero-order valence-electron chi connectivity index (χ0n) is 8.77. The van der Waals surface area contributed by atoms with Gasteiger partial charge in [0.1, 0.15) is 12.4 Å². The third-order valence-electron chi connectivity index (χ3n) is 2.02. The van der Waals surface area contributed by atoms with Crippen molar-refractivity contribution < 1.29 is 33.3 Å². The molecule has 0 bridgehead atoms. The smallest absolute Gasteiger partial charge is 0.415 e. The quantitative estimate of drug-likeness (QED) is 0.443. The van der Waals surface area contributed by atoms with E-state index in [1.165, 1.54) is 0 Å². The third-order valence-corrected chi connectivity index (χ3v) is 2.02. The van der Waals surface area contributed by atoms with E-state index < -0.39 is 0 Å². The van der Waals surface area contributed by atoms with E-state index in [9.17, 15) is 4.79 Å². The van der Waals surface area contributed by atoms with Gasteiger partial charge in [0.05, 0.1) is 7.05 Å². The molecular weight excluding hydrogens is 293 g/mol. The summed E-state index contributed by atoms with van der Waals surface area (Å²) in [5, 5.41) is 0. The molecule has 0 N–H and O–H groups in total. The molecule has 4 nitrogen and oxygen atoms in total. The Kier molecular flexibility index (Phi) is 5.75. The highest BCUT2D eigenvalue weighted by Gasteiger charge is 2.16. The Morgan fingerprint density at radius 1 is 1.43 bits per heavy atom. The van der Waals surface area contributed by atoms with Gasteiger partial charge in [-0.1, -0.05) is 0 Å². The molecule has 14 heavy (non-hydrogen) atoms. The number of carbonyl (C=O) groups is 1. The number of amides is 1. The Labute approximate surface area is 102 Å². The summed E-state index contributed by atoms with van der Waals surface area (Å²) >= 11 is 0. The highest BCUT2D eigenvalue weighted by Crippen LogP contribution is 1.94. The van der Waals surface area contributed by atoms with Gasteiger partial charge >= 0.3 is 6.03 Å². The Bertz CT molecular complexity index is 294. The van der Waals surface area contributed by atoms with Gasteiger partial charge in [0.15, 0.2) is 0 Å². The Morgan fingerprint density at radius 3 is 2.36 bits per heavy atom. The second-order valence-electron chi connectivity index (χ2n) is 2.94. The lowest BCUT2D eigenvalue weighted by molar-refractivity contribution is -0.670. The first-order valence-electron chi connectivity index (χ1n) is 4.51. The van der Waals surface area contributed by atoms with Gasteiger partial charge in [0.2, 0.25) is 0 Å². The van der Waals surface area contributed by atoms with Crippen molar-refractivity contribution in [2.45, 2.75) is 13.8 Å². The summed E-state index contributed by atoms with van der Waals surface area (Å²) in [6.45, 7) is 5.45. The van der Waals surface area contributed by atoms with E-state index in [0.717, 1.165) is 13.1 Å². The fourth-order valence-electron chi connectivity index (χ4n) is 1.22. The molecule has 0 aromatic carbocycles. The molecule has 1 aromatic heterocycles. The molecule has 0 spiro atoms. The van der Waals surface area contributed by atoms with Gasteiger partial charge in [-0.05, 0) is 13.8 Å². The van der Waals surface area contributed by atoms with Gasteiger partial charge in [-0.2, -0.15) is 4.57 Å². The number of nitrogens with zero attached hydrogens (tertiary/aromatic N) is 3. The van der Waals surface area contributed by atoms with Crippen molar-refractivity contribution in [2.24, 2.45) is 7.05 Å². The fourth-order valence-corrected chi connectivity index (χ4v) is 1.22. The molecule has 0 saturated carbocycles. The minimum absolute atomic E-state index is 0. The molecule has 0 aliphatic carbocycles. The number of imidazole rings is 1. The van der Waals surface area contributed by atoms with Crippen LogP contribution in [0, 0.1) is 0 Å². The standard InChI is InChI=1S/C9H16N3O.HI/c1-4-11(5-2)9(13)12-7-6-10(3)8-12;/h6-8H,4-5H2,1-3H3;1H/q+1;/p-1. The van der Waals surface area contributed by atoms with Gasteiger partial charge in [-0.3, -0.25) is 0 Å². The van der Waals surface area contributed by atoms with Crippen molar-refractivity contribution >= 4 is 6.03 Å². The van der Waals surface area contributed by atoms with Crippen LogP contribution in [0.15, 0.2) is 18.7 Å². The van der Waals surface area contributed by atoms with Crippen LogP contribution >= 0.6 is 0 Å². The number of halogens is 1. The van der Waals surface area contributed by atoms with Crippen LogP contribution in [0.25, 0.3) is 0 Å². The SMILES string of the molecule is CCN(CC)C(=O)n1cc[n+](C)c1.[I-]. The second-order valence-corrected chi connectivity index (χ2v) is 2.94. The molecule has 0 saturated heterocycles. The van der Waals surface area contributed by atoms with Crippen molar-refractivity contribution in [2.75, 3.05) is 13.1 Å². The number of rotatable bonds is 2. The van der Waals surface area contributed by atoms with Crippen LogP contribution in [-0.2, 0) is 7.05 Å². The predicted molar refractivity (Wildman–Crippen MR) is 49.3 cm³/mol. The summed E-state index contributed by atoms with van der Waals surface area (Å²) in [6.07, 6.45) is 5.38. The minimum Gasteiger partial charge on any atom is -1.00 e. The van der Waals surface area contributed by atoms with Gasteiger partial charge in [0.25, 0.3) is 6.33 Å². The largest absolute Gasteiger partial charge is 1.00 e. The maximum absolute atomic E-state index is 11.7. The average molecular weight is 309 g/mol. The van der Waals surface area contributed by atoms with E-state index >= 15 is 0 Å². The van der Waals surface area contributed by atoms with Crippen molar-refractivity contribution in [3.8, 4) is 0 Å². The minimum atomic E-state index is 0. The number of hydrogen-bond donors (Lipinski definition) is 0. The molecule has 80 valence electrons. The highest BCUT2D eigenvalue weighted by molar-refractivity contribution is 5.76.